The second-order valence-electron chi connectivity index (χ2n) is 8.43. The molecular formula is C23H28N8O2. The van der Waals surface area contributed by atoms with E-state index in [4.69, 9.17) is 9.97 Å². The van der Waals surface area contributed by atoms with Crippen molar-refractivity contribution in [2.45, 2.75) is 25.7 Å². The van der Waals surface area contributed by atoms with Gasteiger partial charge in [-0.15, -0.1) is 0 Å². The third-order valence-electron chi connectivity index (χ3n) is 6.09. The van der Waals surface area contributed by atoms with E-state index >= 15 is 0 Å². The van der Waals surface area contributed by atoms with Crippen LogP contribution in [0.3, 0.4) is 0 Å². The van der Waals surface area contributed by atoms with Crippen LogP contribution in [0.15, 0.2) is 40.2 Å². The van der Waals surface area contributed by atoms with E-state index in [-0.39, 0.29) is 5.69 Å². The average molecular weight is 449 g/mol. The Kier molecular flexibility index (Phi) is 6.05. The summed E-state index contributed by atoms with van der Waals surface area (Å²) < 4.78 is 0. The summed E-state index contributed by atoms with van der Waals surface area (Å²) in [5.74, 6) is 2.51. The van der Waals surface area contributed by atoms with Crippen molar-refractivity contribution in [2.75, 3.05) is 65.0 Å². The maximum absolute atomic E-state index is 12.0. The summed E-state index contributed by atoms with van der Waals surface area (Å²) in [5, 5.41) is 9.41. The summed E-state index contributed by atoms with van der Waals surface area (Å²) in [6.45, 7) is 5.03. The zero-order valence-corrected chi connectivity index (χ0v) is 18.5. The largest absolute Gasteiger partial charge is 0.378 e. The van der Waals surface area contributed by atoms with Crippen molar-refractivity contribution in [2.24, 2.45) is 0 Å². The molecule has 10 heteroatoms. The van der Waals surface area contributed by atoms with E-state index in [9.17, 15) is 9.59 Å². The normalized spacial score (nSPS) is 15.9. The Morgan fingerprint density at radius 2 is 1.55 bits per heavy atom. The van der Waals surface area contributed by atoms with Gasteiger partial charge in [0.05, 0.1) is 11.9 Å². The fourth-order valence-electron chi connectivity index (χ4n) is 4.32. The van der Waals surface area contributed by atoms with Crippen LogP contribution in [0, 0.1) is 0 Å². The van der Waals surface area contributed by atoms with Gasteiger partial charge in [0.1, 0.15) is 23.0 Å². The standard InChI is InChI=1S/C23H28N8O2/c32-21-19(20(22(21)33)27-16-6-5-7-24-15-16)26-9-8-25-17-14-18(30-10-1-2-11-30)29-23(28-17)31-12-3-4-13-31/h5-7,14-15,26-27H,1-4,8-13H2,(H,25,28,29). The predicted molar refractivity (Wildman–Crippen MR) is 131 cm³/mol. The molecule has 10 nitrogen and oxygen atoms in total. The molecule has 4 heterocycles. The van der Waals surface area contributed by atoms with Crippen LogP contribution < -0.4 is 36.6 Å². The number of pyridine rings is 1. The topological polar surface area (TPSA) is 115 Å². The molecule has 0 aliphatic carbocycles. The molecule has 0 bridgehead atoms. The molecule has 3 N–H and O–H groups in total. The Morgan fingerprint density at radius 3 is 2.27 bits per heavy atom. The monoisotopic (exact) mass is 448 g/mol. The van der Waals surface area contributed by atoms with E-state index in [1.165, 1.54) is 25.7 Å². The zero-order valence-electron chi connectivity index (χ0n) is 18.5. The van der Waals surface area contributed by atoms with Gasteiger partial charge in [-0.3, -0.25) is 14.6 Å². The highest BCUT2D eigenvalue weighted by molar-refractivity contribution is 5.78. The highest BCUT2D eigenvalue weighted by Crippen LogP contribution is 2.25. The number of anilines is 6. The average Bonchev–Trinajstić information content (AvgIpc) is 3.58. The Morgan fingerprint density at radius 1 is 0.848 bits per heavy atom. The summed E-state index contributed by atoms with van der Waals surface area (Å²) in [6, 6.07) is 5.55. The minimum absolute atomic E-state index is 0.280. The molecule has 0 spiro atoms. The summed E-state index contributed by atoms with van der Waals surface area (Å²) in [7, 11) is 0. The Balaban J connectivity index is 1.23. The van der Waals surface area contributed by atoms with Gasteiger partial charge in [0.2, 0.25) is 5.95 Å². The van der Waals surface area contributed by atoms with Crippen LogP contribution in [0.1, 0.15) is 25.7 Å². The number of nitrogens with one attached hydrogen (secondary N) is 3. The van der Waals surface area contributed by atoms with Crippen LogP contribution in [0.25, 0.3) is 0 Å². The Bertz CT molecular complexity index is 1130. The third kappa shape index (κ3) is 4.59. The fraction of sp³-hybridized carbons (Fsp3) is 0.435. The number of hydrogen-bond acceptors (Lipinski definition) is 10. The van der Waals surface area contributed by atoms with Gasteiger partial charge in [0, 0.05) is 51.5 Å². The lowest BCUT2D eigenvalue weighted by Gasteiger charge is -2.22. The van der Waals surface area contributed by atoms with E-state index in [0.717, 1.165) is 43.8 Å². The van der Waals surface area contributed by atoms with Gasteiger partial charge in [-0.25, -0.2) is 0 Å². The van der Waals surface area contributed by atoms with Crippen molar-refractivity contribution in [1.29, 1.82) is 0 Å². The van der Waals surface area contributed by atoms with Crippen molar-refractivity contribution < 1.29 is 0 Å². The minimum atomic E-state index is -0.518. The highest BCUT2D eigenvalue weighted by atomic mass is 16.2. The molecule has 0 atom stereocenters. The maximum atomic E-state index is 12.0. The molecule has 0 saturated carbocycles. The summed E-state index contributed by atoms with van der Waals surface area (Å²) in [6.07, 6.45) is 7.96. The molecule has 1 aromatic carbocycles. The van der Waals surface area contributed by atoms with Gasteiger partial charge < -0.3 is 25.8 Å². The highest BCUT2D eigenvalue weighted by Gasteiger charge is 2.22. The lowest BCUT2D eigenvalue weighted by Crippen LogP contribution is -2.37. The van der Waals surface area contributed by atoms with E-state index in [0.29, 0.717) is 24.5 Å². The smallest absolute Gasteiger partial charge is 0.253 e. The van der Waals surface area contributed by atoms with Crippen molar-refractivity contribution in [3.05, 3.63) is 51.0 Å². The van der Waals surface area contributed by atoms with Crippen molar-refractivity contribution in [3.8, 4) is 0 Å². The molecular weight excluding hydrogens is 420 g/mol. The van der Waals surface area contributed by atoms with Crippen molar-refractivity contribution >= 4 is 34.6 Å². The predicted octanol–water partition coefficient (Wildman–Crippen LogP) is 1.94. The number of aromatic nitrogens is 3. The lowest BCUT2D eigenvalue weighted by atomic mass is 10.2. The van der Waals surface area contributed by atoms with Crippen LogP contribution >= 0.6 is 0 Å². The van der Waals surface area contributed by atoms with Crippen molar-refractivity contribution in [3.63, 3.8) is 0 Å². The molecule has 2 fully saturated rings. The van der Waals surface area contributed by atoms with E-state index in [1.54, 1.807) is 24.5 Å². The summed E-state index contributed by atoms with van der Waals surface area (Å²) in [4.78, 5) is 42.1. The second kappa shape index (κ2) is 9.43. The summed E-state index contributed by atoms with van der Waals surface area (Å²) >= 11 is 0. The van der Waals surface area contributed by atoms with Gasteiger partial charge in [-0.05, 0) is 37.8 Å². The van der Waals surface area contributed by atoms with Crippen LogP contribution in [0.2, 0.25) is 0 Å². The molecule has 2 aliphatic rings. The molecule has 0 radical (unpaired) electrons. The molecule has 0 amide bonds. The summed E-state index contributed by atoms with van der Waals surface area (Å²) in [5.41, 5.74) is 0.230. The van der Waals surface area contributed by atoms with Gasteiger partial charge in [-0.1, -0.05) is 0 Å². The van der Waals surface area contributed by atoms with E-state index in [2.05, 4.69) is 30.7 Å². The van der Waals surface area contributed by atoms with E-state index < -0.39 is 10.9 Å². The maximum Gasteiger partial charge on any atom is 0.253 e. The fourth-order valence-corrected chi connectivity index (χ4v) is 4.32. The molecule has 0 unspecified atom stereocenters. The van der Waals surface area contributed by atoms with Gasteiger partial charge in [0.15, 0.2) is 0 Å². The molecule has 2 saturated heterocycles. The van der Waals surface area contributed by atoms with Gasteiger partial charge >= 0.3 is 0 Å². The van der Waals surface area contributed by atoms with Gasteiger partial charge in [-0.2, -0.15) is 9.97 Å². The second-order valence-corrected chi connectivity index (χ2v) is 8.43. The molecule has 5 rings (SSSR count). The number of rotatable bonds is 9. The SMILES string of the molecule is O=c1c(NCCNc2cc(N3CCCC3)nc(N3CCCC3)n2)c(Nc2cccnc2)c1=O. The number of nitrogens with zero attached hydrogens (tertiary/aromatic N) is 5. The first-order chi connectivity index (χ1) is 16.2. The Hall–Kier alpha value is -3.69. The molecule has 33 heavy (non-hydrogen) atoms. The van der Waals surface area contributed by atoms with Crippen LogP contribution in [-0.2, 0) is 0 Å². The quantitative estimate of drug-likeness (QED) is 0.331. The third-order valence-corrected chi connectivity index (χ3v) is 6.09. The van der Waals surface area contributed by atoms with Gasteiger partial charge in [0.25, 0.3) is 10.9 Å². The van der Waals surface area contributed by atoms with Crippen LogP contribution in [0.4, 0.5) is 34.6 Å². The molecule has 172 valence electrons. The van der Waals surface area contributed by atoms with Crippen molar-refractivity contribution in [1.82, 2.24) is 15.0 Å². The van der Waals surface area contributed by atoms with Crippen LogP contribution in [0.5, 0.6) is 0 Å². The zero-order chi connectivity index (χ0) is 22.6. The molecule has 3 aromatic rings. The van der Waals surface area contributed by atoms with Crippen LogP contribution in [-0.4, -0.2) is 54.2 Å². The van der Waals surface area contributed by atoms with E-state index in [1.807, 2.05) is 6.07 Å². The molecule has 2 aromatic heterocycles. The molecule has 2 aliphatic heterocycles. The first-order valence-corrected chi connectivity index (χ1v) is 11.6. The Labute approximate surface area is 191 Å². The number of hydrogen-bond donors (Lipinski definition) is 3. The first-order valence-electron chi connectivity index (χ1n) is 11.6. The lowest BCUT2D eigenvalue weighted by molar-refractivity contribution is 0.870. The first kappa shape index (κ1) is 21.2. The minimum Gasteiger partial charge on any atom is -0.378 e.